The fraction of sp³-hybridized carbons (Fsp3) is 0.600. The zero-order valence-corrected chi connectivity index (χ0v) is 11.7. The van der Waals surface area contributed by atoms with Crippen molar-refractivity contribution >= 4 is 11.6 Å². The Balaban J connectivity index is 4.24. The van der Waals surface area contributed by atoms with E-state index in [1.807, 2.05) is 0 Å². The Morgan fingerprint density at radius 2 is 1.53 bits per heavy atom. The van der Waals surface area contributed by atoms with Gasteiger partial charge in [0, 0.05) is 0 Å². The van der Waals surface area contributed by atoms with Gasteiger partial charge in [0.1, 0.15) is 0 Å². The van der Waals surface area contributed by atoms with E-state index in [9.17, 15) is 9.59 Å². The molecule has 0 unspecified atom stereocenters. The second-order valence-corrected chi connectivity index (χ2v) is 4.93. The van der Waals surface area contributed by atoms with Crippen LogP contribution in [0.25, 0.3) is 0 Å². The van der Waals surface area contributed by atoms with E-state index in [-0.39, 0.29) is 11.6 Å². The SMILES string of the molecule is CC(=O)C(=CC[C@H](C)CCC=C(C)C)C(C)=O. The fourth-order valence-corrected chi connectivity index (χ4v) is 1.63. The van der Waals surface area contributed by atoms with Crippen molar-refractivity contribution in [1.29, 1.82) is 0 Å². The van der Waals surface area contributed by atoms with Crippen molar-refractivity contribution in [1.82, 2.24) is 0 Å². The minimum Gasteiger partial charge on any atom is -0.294 e. The molecule has 0 aromatic carbocycles. The molecule has 0 radical (unpaired) electrons. The smallest absolute Gasteiger partial charge is 0.163 e. The van der Waals surface area contributed by atoms with Crippen molar-refractivity contribution in [3.63, 3.8) is 0 Å². The highest BCUT2D eigenvalue weighted by molar-refractivity contribution is 6.18. The highest BCUT2D eigenvalue weighted by Gasteiger charge is 2.09. The standard InChI is InChI=1S/C15H24O2/c1-11(2)7-6-8-12(3)9-10-15(13(4)16)14(5)17/h7,10,12H,6,8-9H2,1-5H3/t12-/m1/s1. The summed E-state index contributed by atoms with van der Waals surface area (Å²) in [4.78, 5) is 22.4. The van der Waals surface area contributed by atoms with Gasteiger partial charge in [-0.05, 0) is 52.9 Å². The van der Waals surface area contributed by atoms with E-state index in [1.165, 1.54) is 19.4 Å². The average molecular weight is 236 g/mol. The summed E-state index contributed by atoms with van der Waals surface area (Å²) in [6, 6.07) is 0. The first-order valence-corrected chi connectivity index (χ1v) is 6.20. The summed E-state index contributed by atoms with van der Waals surface area (Å²) in [7, 11) is 0. The molecule has 0 saturated heterocycles. The molecular formula is C15H24O2. The first kappa shape index (κ1) is 15.8. The van der Waals surface area contributed by atoms with E-state index in [1.54, 1.807) is 6.08 Å². The lowest BCUT2D eigenvalue weighted by Crippen LogP contribution is -2.07. The zero-order valence-electron chi connectivity index (χ0n) is 11.7. The van der Waals surface area contributed by atoms with Crippen molar-refractivity contribution in [3.8, 4) is 0 Å². The minimum atomic E-state index is -0.131. The van der Waals surface area contributed by atoms with Crippen LogP contribution in [0.2, 0.25) is 0 Å². The van der Waals surface area contributed by atoms with Crippen molar-refractivity contribution < 1.29 is 9.59 Å². The summed E-state index contributed by atoms with van der Waals surface area (Å²) in [6.07, 6.45) is 6.96. The van der Waals surface area contributed by atoms with Crippen LogP contribution < -0.4 is 0 Å². The van der Waals surface area contributed by atoms with Crippen LogP contribution in [0.5, 0.6) is 0 Å². The normalized spacial score (nSPS) is 11.6. The Hall–Kier alpha value is -1.18. The van der Waals surface area contributed by atoms with Crippen LogP contribution in [0.1, 0.15) is 53.9 Å². The Morgan fingerprint density at radius 1 is 1.00 bits per heavy atom. The lowest BCUT2D eigenvalue weighted by atomic mass is 9.97. The summed E-state index contributed by atoms with van der Waals surface area (Å²) in [5.74, 6) is 0.238. The van der Waals surface area contributed by atoms with E-state index in [2.05, 4.69) is 26.8 Å². The van der Waals surface area contributed by atoms with Gasteiger partial charge < -0.3 is 0 Å². The van der Waals surface area contributed by atoms with Gasteiger partial charge in [0.25, 0.3) is 0 Å². The third-order valence-electron chi connectivity index (χ3n) is 2.69. The molecule has 0 aliphatic heterocycles. The Labute approximate surface area is 105 Å². The molecular weight excluding hydrogens is 212 g/mol. The fourth-order valence-electron chi connectivity index (χ4n) is 1.63. The molecule has 0 amide bonds. The Kier molecular flexibility index (Phi) is 7.44. The van der Waals surface area contributed by atoms with Gasteiger partial charge in [-0.3, -0.25) is 9.59 Å². The van der Waals surface area contributed by atoms with Crippen LogP contribution in [0.3, 0.4) is 0 Å². The average Bonchev–Trinajstić information content (AvgIpc) is 2.15. The minimum absolute atomic E-state index is 0.131. The molecule has 0 fully saturated rings. The van der Waals surface area contributed by atoms with Crippen LogP contribution in [0.15, 0.2) is 23.3 Å². The van der Waals surface area contributed by atoms with Crippen LogP contribution in [0.4, 0.5) is 0 Å². The number of rotatable bonds is 7. The quantitative estimate of drug-likeness (QED) is 0.291. The second-order valence-electron chi connectivity index (χ2n) is 4.93. The lowest BCUT2D eigenvalue weighted by molar-refractivity contribution is -0.119. The van der Waals surface area contributed by atoms with Crippen molar-refractivity contribution in [2.45, 2.75) is 53.9 Å². The number of Topliss-reactive ketones (excluding diaryl/α,β-unsaturated/α-hetero) is 2. The third kappa shape index (κ3) is 7.67. The maximum atomic E-state index is 11.2. The Morgan fingerprint density at radius 3 is 1.94 bits per heavy atom. The summed E-state index contributed by atoms with van der Waals surface area (Å²) >= 11 is 0. The van der Waals surface area contributed by atoms with Gasteiger partial charge in [-0.1, -0.05) is 24.6 Å². The number of ketones is 2. The Bertz CT molecular complexity index is 315. The molecule has 0 bridgehead atoms. The largest absolute Gasteiger partial charge is 0.294 e. The van der Waals surface area contributed by atoms with Crippen molar-refractivity contribution in [3.05, 3.63) is 23.3 Å². The first-order chi connectivity index (χ1) is 7.84. The molecule has 0 spiro atoms. The number of hydrogen-bond acceptors (Lipinski definition) is 2. The summed E-state index contributed by atoms with van der Waals surface area (Å²) in [5, 5.41) is 0. The molecule has 0 aliphatic rings. The molecule has 0 aromatic heterocycles. The molecule has 0 heterocycles. The zero-order chi connectivity index (χ0) is 13.4. The molecule has 0 rings (SSSR count). The van der Waals surface area contributed by atoms with E-state index in [4.69, 9.17) is 0 Å². The van der Waals surface area contributed by atoms with E-state index in [0.717, 1.165) is 19.3 Å². The second kappa shape index (κ2) is 7.99. The highest BCUT2D eigenvalue weighted by Crippen LogP contribution is 2.14. The topological polar surface area (TPSA) is 34.1 Å². The van der Waals surface area contributed by atoms with Gasteiger partial charge in [-0.25, -0.2) is 0 Å². The molecule has 0 aromatic rings. The number of allylic oxidation sites excluding steroid dienone is 4. The summed E-state index contributed by atoms with van der Waals surface area (Å²) < 4.78 is 0. The lowest BCUT2D eigenvalue weighted by Gasteiger charge is -2.07. The molecule has 96 valence electrons. The molecule has 0 N–H and O–H groups in total. The molecule has 17 heavy (non-hydrogen) atoms. The molecule has 2 nitrogen and oxygen atoms in total. The number of carbonyl (C=O) groups is 2. The molecule has 2 heteroatoms. The van der Waals surface area contributed by atoms with Gasteiger partial charge in [-0.2, -0.15) is 0 Å². The molecule has 0 aliphatic carbocycles. The van der Waals surface area contributed by atoms with E-state index in [0.29, 0.717) is 11.5 Å². The van der Waals surface area contributed by atoms with Crippen molar-refractivity contribution in [2.24, 2.45) is 5.92 Å². The maximum absolute atomic E-state index is 11.2. The predicted octanol–water partition coefficient (Wildman–Crippen LogP) is 3.86. The summed E-state index contributed by atoms with van der Waals surface area (Å²) in [5.41, 5.74) is 1.68. The monoisotopic (exact) mass is 236 g/mol. The van der Waals surface area contributed by atoms with Crippen LogP contribution in [-0.4, -0.2) is 11.6 Å². The molecule has 1 atom stereocenters. The number of carbonyl (C=O) groups excluding carboxylic acids is 2. The van der Waals surface area contributed by atoms with Crippen molar-refractivity contribution in [2.75, 3.05) is 0 Å². The first-order valence-electron chi connectivity index (χ1n) is 6.20. The van der Waals surface area contributed by atoms with Gasteiger partial charge in [-0.15, -0.1) is 0 Å². The number of hydrogen-bond donors (Lipinski definition) is 0. The van der Waals surface area contributed by atoms with Crippen LogP contribution in [0, 0.1) is 5.92 Å². The van der Waals surface area contributed by atoms with Gasteiger partial charge in [0.15, 0.2) is 11.6 Å². The van der Waals surface area contributed by atoms with E-state index >= 15 is 0 Å². The van der Waals surface area contributed by atoms with Gasteiger partial charge >= 0.3 is 0 Å². The highest BCUT2D eigenvalue weighted by atomic mass is 16.1. The summed E-state index contributed by atoms with van der Waals surface area (Å²) in [6.45, 7) is 9.22. The van der Waals surface area contributed by atoms with Crippen LogP contribution in [-0.2, 0) is 9.59 Å². The predicted molar refractivity (Wildman–Crippen MR) is 71.9 cm³/mol. The third-order valence-corrected chi connectivity index (χ3v) is 2.69. The van der Waals surface area contributed by atoms with Gasteiger partial charge in [0.05, 0.1) is 5.57 Å². The molecule has 0 saturated carbocycles. The maximum Gasteiger partial charge on any atom is 0.163 e. The van der Waals surface area contributed by atoms with E-state index < -0.39 is 0 Å². The van der Waals surface area contributed by atoms with Gasteiger partial charge in [0.2, 0.25) is 0 Å². The van der Waals surface area contributed by atoms with Crippen LogP contribution >= 0.6 is 0 Å².